The highest BCUT2D eigenvalue weighted by Gasteiger charge is 1.90. The van der Waals surface area contributed by atoms with Crippen molar-refractivity contribution in [2.45, 2.75) is 54.9 Å². The fraction of sp³-hybridized carbons (Fsp3) is 0.474. The van der Waals surface area contributed by atoms with Crippen molar-refractivity contribution in [3.8, 4) is 0 Å². The van der Waals surface area contributed by atoms with Crippen molar-refractivity contribution in [2.75, 3.05) is 0 Å². The fourth-order valence-corrected chi connectivity index (χ4v) is 1.25. The average molecular weight is 260 g/mol. The summed E-state index contributed by atoms with van der Waals surface area (Å²) in [4.78, 5) is 0. The summed E-state index contributed by atoms with van der Waals surface area (Å²) in [7, 11) is 0. The molecule has 0 N–H and O–H groups in total. The molecule has 0 amide bonds. The highest BCUT2D eigenvalue weighted by Crippen LogP contribution is 2.10. The largest absolute Gasteiger partial charge is 0.0955 e. The van der Waals surface area contributed by atoms with Gasteiger partial charge in [-0.15, -0.1) is 0 Å². The molecule has 0 unspecified atom stereocenters. The van der Waals surface area contributed by atoms with Crippen LogP contribution in [0.5, 0.6) is 0 Å². The van der Waals surface area contributed by atoms with Crippen molar-refractivity contribution in [3.63, 3.8) is 0 Å². The van der Waals surface area contributed by atoms with E-state index in [2.05, 4.69) is 77.7 Å². The molecule has 0 heteroatoms. The van der Waals surface area contributed by atoms with Gasteiger partial charge < -0.3 is 0 Å². The minimum atomic E-state index is 0.718. The van der Waals surface area contributed by atoms with Crippen LogP contribution in [0.4, 0.5) is 0 Å². The van der Waals surface area contributed by atoms with Gasteiger partial charge in [0.1, 0.15) is 0 Å². The van der Waals surface area contributed by atoms with Gasteiger partial charge in [-0.1, -0.05) is 73.6 Å². The Kier molecular flexibility index (Phi) is 13.8. The van der Waals surface area contributed by atoms with E-state index in [9.17, 15) is 0 Å². The molecule has 0 fully saturated rings. The van der Waals surface area contributed by atoms with E-state index in [1.54, 1.807) is 0 Å². The molecule has 0 aliphatic rings. The summed E-state index contributed by atoms with van der Waals surface area (Å²) in [6, 6.07) is 0. The first-order valence-electron chi connectivity index (χ1n) is 7.10. The maximum atomic E-state index is 3.99. The van der Waals surface area contributed by atoms with Gasteiger partial charge in [-0.05, 0) is 47.0 Å². The van der Waals surface area contributed by atoms with Crippen molar-refractivity contribution in [3.05, 3.63) is 59.8 Å². The van der Waals surface area contributed by atoms with Crippen LogP contribution in [0.3, 0.4) is 0 Å². The summed E-state index contributed by atoms with van der Waals surface area (Å²) in [6.07, 6.45) is 13.6. The highest BCUT2D eigenvalue weighted by molar-refractivity contribution is 5.27. The van der Waals surface area contributed by atoms with Gasteiger partial charge in [0.2, 0.25) is 0 Å². The van der Waals surface area contributed by atoms with Crippen LogP contribution in [-0.4, -0.2) is 0 Å². The van der Waals surface area contributed by atoms with E-state index in [1.807, 2.05) is 13.8 Å². The third-order valence-electron chi connectivity index (χ3n) is 2.61. The van der Waals surface area contributed by atoms with Crippen molar-refractivity contribution >= 4 is 0 Å². The Morgan fingerprint density at radius 3 is 1.89 bits per heavy atom. The lowest BCUT2D eigenvalue weighted by molar-refractivity contribution is 0.830. The first-order valence-corrected chi connectivity index (χ1v) is 7.10. The van der Waals surface area contributed by atoms with Gasteiger partial charge in [-0.3, -0.25) is 0 Å². The summed E-state index contributed by atoms with van der Waals surface area (Å²) < 4.78 is 0. The molecule has 0 rings (SSSR count). The molecule has 19 heavy (non-hydrogen) atoms. The standard InChI is InChI=1S/C13H20.C6H12/c1-6-11(3)8-9-13(5)10-12(4)7-2;1-4-5-6(2)3/h6-9H,5,10H2,1-4H3;4-6H,1-3H3/b9-8-,11-6-,12-7+;5-4-. The Morgan fingerprint density at radius 1 is 1.00 bits per heavy atom. The quantitative estimate of drug-likeness (QED) is 0.384. The van der Waals surface area contributed by atoms with Crippen LogP contribution >= 0.6 is 0 Å². The van der Waals surface area contributed by atoms with Crippen molar-refractivity contribution < 1.29 is 0 Å². The molecule has 0 bridgehead atoms. The van der Waals surface area contributed by atoms with E-state index in [1.165, 1.54) is 11.1 Å². The summed E-state index contributed by atoms with van der Waals surface area (Å²) in [5, 5.41) is 0. The molecule has 0 atom stereocenters. The van der Waals surface area contributed by atoms with Crippen LogP contribution in [0.25, 0.3) is 0 Å². The highest BCUT2D eigenvalue weighted by atomic mass is 14.0. The Hall–Kier alpha value is -1.30. The zero-order valence-corrected chi connectivity index (χ0v) is 14.0. The van der Waals surface area contributed by atoms with Crippen LogP contribution in [0.2, 0.25) is 0 Å². The first kappa shape index (κ1) is 20.0. The van der Waals surface area contributed by atoms with Gasteiger partial charge in [-0.2, -0.15) is 0 Å². The third kappa shape index (κ3) is 16.7. The lowest BCUT2D eigenvalue weighted by Crippen LogP contribution is -1.79. The van der Waals surface area contributed by atoms with Crippen molar-refractivity contribution in [2.24, 2.45) is 5.92 Å². The SMILES string of the molecule is C/C=C\C(C)C.C=C(/C=C\C(C)=C/C)C/C(C)=C/C. The minimum absolute atomic E-state index is 0.718. The fourth-order valence-electron chi connectivity index (χ4n) is 1.25. The molecule has 0 aromatic carbocycles. The molecule has 0 heterocycles. The maximum absolute atomic E-state index is 3.99. The van der Waals surface area contributed by atoms with Crippen LogP contribution in [0.15, 0.2) is 59.8 Å². The second kappa shape index (κ2) is 13.1. The molecule has 0 aliphatic heterocycles. The molecule has 0 aromatic heterocycles. The second-order valence-corrected chi connectivity index (χ2v) is 5.11. The van der Waals surface area contributed by atoms with E-state index in [4.69, 9.17) is 0 Å². The molecule has 0 radical (unpaired) electrons. The average Bonchev–Trinajstić information content (AvgIpc) is 2.36. The van der Waals surface area contributed by atoms with Crippen LogP contribution in [-0.2, 0) is 0 Å². The van der Waals surface area contributed by atoms with Gasteiger partial charge >= 0.3 is 0 Å². The Morgan fingerprint density at radius 2 is 1.58 bits per heavy atom. The first-order chi connectivity index (χ1) is 8.87. The molecule has 0 aliphatic carbocycles. The molecule has 0 aromatic rings. The summed E-state index contributed by atoms with van der Waals surface area (Å²) in [6.45, 7) is 18.7. The zero-order chi connectivity index (χ0) is 15.3. The summed E-state index contributed by atoms with van der Waals surface area (Å²) >= 11 is 0. The Balaban J connectivity index is 0. The van der Waals surface area contributed by atoms with E-state index < -0.39 is 0 Å². The smallest absolute Gasteiger partial charge is 0.00759 e. The molecule has 108 valence electrons. The van der Waals surface area contributed by atoms with Crippen LogP contribution in [0.1, 0.15) is 54.9 Å². The van der Waals surface area contributed by atoms with Gasteiger partial charge in [0.15, 0.2) is 0 Å². The normalized spacial score (nSPS) is 13.1. The van der Waals surface area contributed by atoms with E-state index in [0.29, 0.717) is 0 Å². The molecule has 0 saturated carbocycles. The monoisotopic (exact) mass is 260 g/mol. The topological polar surface area (TPSA) is 0 Å². The predicted octanol–water partition coefficient (Wildman–Crippen LogP) is 6.64. The van der Waals surface area contributed by atoms with Crippen molar-refractivity contribution in [1.82, 2.24) is 0 Å². The van der Waals surface area contributed by atoms with E-state index in [-0.39, 0.29) is 0 Å². The second-order valence-electron chi connectivity index (χ2n) is 5.11. The van der Waals surface area contributed by atoms with E-state index >= 15 is 0 Å². The Labute approximate surface area is 121 Å². The molecule has 0 nitrogen and oxygen atoms in total. The lowest BCUT2D eigenvalue weighted by atomic mass is 10.1. The predicted molar refractivity (Wildman–Crippen MR) is 91.4 cm³/mol. The molecule has 0 spiro atoms. The number of hydrogen-bond donors (Lipinski definition) is 0. The minimum Gasteiger partial charge on any atom is -0.0955 e. The maximum Gasteiger partial charge on any atom is -0.00759 e. The third-order valence-corrected chi connectivity index (χ3v) is 2.61. The van der Waals surface area contributed by atoms with Gasteiger partial charge in [0.05, 0.1) is 0 Å². The van der Waals surface area contributed by atoms with Gasteiger partial charge in [0.25, 0.3) is 0 Å². The van der Waals surface area contributed by atoms with Gasteiger partial charge in [0, 0.05) is 0 Å². The number of rotatable bonds is 5. The Bertz CT molecular complexity index is 346. The van der Waals surface area contributed by atoms with Crippen LogP contribution in [0, 0.1) is 5.92 Å². The molecular weight excluding hydrogens is 228 g/mol. The zero-order valence-electron chi connectivity index (χ0n) is 14.0. The van der Waals surface area contributed by atoms with Gasteiger partial charge in [-0.25, -0.2) is 0 Å². The molecular formula is C19H32. The van der Waals surface area contributed by atoms with E-state index in [0.717, 1.165) is 17.9 Å². The number of allylic oxidation sites excluding steroid dienone is 9. The van der Waals surface area contributed by atoms with Crippen LogP contribution < -0.4 is 0 Å². The summed E-state index contributed by atoms with van der Waals surface area (Å²) in [5.41, 5.74) is 3.81. The number of hydrogen-bond acceptors (Lipinski definition) is 0. The summed E-state index contributed by atoms with van der Waals surface area (Å²) in [5.74, 6) is 0.718. The van der Waals surface area contributed by atoms with Crippen molar-refractivity contribution in [1.29, 1.82) is 0 Å². The lowest BCUT2D eigenvalue weighted by Gasteiger charge is -1.99. The molecule has 0 saturated heterocycles.